The molecular formula is C30H37ClN11O8P. The van der Waals surface area contributed by atoms with Crippen molar-refractivity contribution in [3.8, 4) is 12.1 Å². The Kier molecular flexibility index (Phi) is 13.1. The maximum Gasteiger partial charge on any atom is 0.424 e. The predicted octanol–water partition coefficient (Wildman–Crippen LogP) is 2.54. The van der Waals surface area contributed by atoms with E-state index in [-0.39, 0.29) is 65.4 Å². The zero-order valence-electron chi connectivity index (χ0n) is 28.1. The lowest BCUT2D eigenvalue weighted by Crippen LogP contribution is -2.49. The van der Waals surface area contributed by atoms with Gasteiger partial charge in [-0.1, -0.05) is 25.4 Å². The van der Waals surface area contributed by atoms with Crippen molar-refractivity contribution in [1.29, 1.82) is 10.5 Å². The SMILES string of the molecule is CCNc1nc(N(C(=O)OCOC(=O)CC(C)(C)CCO[PH](=O)O)c2cc(C#N)cc(N3CCN(CC(N)=O)CC3)c2Cl)nn2c(C#N)cnc12. The number of primary amides is 1. The topological polar surface area (TPSA) is 255 Å². The van der Waals surface area contributed by atoms with E-state index in [9.17, 15) is 29.5 Å². The van der Waals surface area contributed by atoms with Crippen molar-refractivity contribution in [3.05, 3.63) is 34.6 Å². The first-order chi connectivity index (χ1) is 24.3. The van der Waals surface area contributed by atoms with Gasteiger partial charge in [0.1, 0.15) is 6.07 Å². The lowest BCUT2D eigenvalue weighted by Gasteiger charge is -2.36. The Morgan fingerprint density at radius 2 is 1.90 bits per heavy atom. The number of benzene rings is 1. The molecule has 2 aromatic heterocycles. The van der Waals surface area contributed by atoms with E-state index in [1.54, 1.807) is 26.8 Å². The molecule has 1 fully saturated rings. The third-order valence-corrected chi connectivity index (χ3v) is 8.56. The number of nitrogens with two attached hydrogens (primary N) is 1. The Balaban J connectivity index is 1.69. The fraction of sp³-hybridized carbons (Fsp3) is 0.467. The Labute approximate surface area is 298 Å². The highest BCUT2D eigenvalue weighted by Gasteiger charge is 2.31. The molecule has 0 bridgehead atoms. The van der Waals surface area contributed by atoms with E-state index in [0.717, 1.165) is 4.90 Å². The van der Waals surface area contributed by atoms with Gasteiger partial charge in [0.2, 0.25) is 12.7 Å². The third-order valence-electron chi connectivity index (χ3n) is 7.72. The molecule has 3 aromatic rings. The van der Waals surface area contributed by atoms with Gasteiger partial charge >= 0.3 is 20.3 Å². The summed E-state index contributed by atoms with van der Waals surface area (Å²) in [6.07, 6.45) is 0.293. The molecule has 3 heterocycles. The highest BCUT2D eigenvalue weighted by atomic mass is 35.5. The van der Waals surface area contributed by atoms with Crippen LogP contribution in [0.1, 0.15) is 44.9 Å². The molecule has 1 atom stereocenters. The summed E-state index contributed by atoms with van der Waals surface area (Å²) in [6.45, 7) is 6.64. The van der Waals surface area contributed by atoms with E-state index in [2.05, 4.69) is 26.5 Å². The average Bonchev–Trinajstić information content (AvgIpc) is 3.49. The van der Waals surface area contributed by atoms with Crippen LogP contribution in [0.2, 0.25) is 5.02 Å². The number of hydrogen-bond acceptors (Lipinski definition) is 15. The number of halogens is 1. The molecule has 19 nitrogen and oxygen atoms in total. The summed E-state index contributed by atoms with van der Waals surface area (Å²) in [4.78, 5) is 60.3. The standard InChI is InChI=1S/C30H37ClN11O8P/c1-4-35-26-27-36-16-20(15-33)42(27)38-28(37-26)41(29(45)49-18-48-24(44)13-30(2,3)5-10-50-51(46)47)22-12-19(14-32)11-21(25(22)31)40-8-6-39(7-9-40)17-23(34)43/h11-12,16,51H,4-10,13,17-18H2,1-3H3,(H2,34,43)(H,46,47)(H,35,37,38). The molecular weight excluding hydrogens is 709 g/mol. The first-order valence-electron chi connectivity index (χ1n) is 15.6. The van der Waals surface area contributed by atoms with Crippen LogP contribution in [0.15, 0.2) is 18.3 Å². The van der Waals surface area contributed by atoms with Crippen LogP contribution >= 0.6 is 19.9 Å². The zero-order chi connectivity index (χ0) is 37.3. The minimum Gasteiger partial charge on any atom is -0.428 e. The molecule has 1 aliphatic heterocycles. The molecule has 1 aromatic carbocycles. The number of nitrogens with one attached hydrogen (secondary N) is 1. The number of amides is 2. The molecule has 4 N–H and O–H groups in total. The molecule has 0 radical (unpaired) electrons. The number of anilines is 4. The van der Waals surface area contributed by atoms with E-state index < -0.39 is 38.4 Å². The number of ether oxygens (including phenoxy) is 2. The minimum absolute atomic E-state index is 0.0283. The lowest BCUT2D eigenvalue weighted by atomic mass is 9.86. The van der Waals surface area contributed by atoms with Crippen molar-refractivity contribution in [2.45, 2.75) is 33.6 Å². The Morgan fingerprint density at radius 1 is 1.18 bits per heavy atom. The summed E-state index contributed by atoms with van der Waals surface area (Å²) in [5.41, 5.74) is 5.39. The number of aromatic nitrogens is 4. The van der Waals surface area contributed by atoms with Crippen LogP contribution < -0.4 is 20.9 Å². The summed E-state index contributed by atoms with van der Waals surface area (Å²) in [5, 5.41) is 27.2. The van der Waals surface area contributed by atoms with E-state index in [1.807, 2.05) is 15.9 Å². The van der Waals surface area contributed by atoms with E-state index in [1.165, 1.54) is 16.8 Å². The second kappa shape index (κ2) is 17.3. The number of carbonyl (C=O) groups excluding carboxylic acids is 3. The van der Waals surface area contributed by atoms with Crippen molar-refractivity contribution in [2.75, 3.05) is 67.8 Å². The number of hydrogen-bond donors (Lipinski definition) is 3. The molecule has 1 saturated heterocycles. The number of rotatable bonds is 15. The number of nitriles is 2. The molecule has 51 heavy (non-hydrogen) atoms. The van der Waals surface area contributed by atoms with Gasteiger partial charge in [-0.2, -0.15) is 20.0 Å². The van der Waals surface area contributed by atoms with Gasteiger partial charge in [-0.15, -0.1) is 5.10 Å². The Hall–Kier alpha value is -5.04. The van der Waals surface area contributed by atoms with Gasteiger partial charge in [0.25, 0.3) is 5.95 Å². The summed E-state index contributed by atoms with van der Waals surface area (Å²) in [7, 11) is -3.11. The van der Waals surface area contributed by atoms with Gasteiger partial charge in [0.15, 0.2) is 17.2 Å². The number of esters is 1. The Bertz CT molecular complexity index is 1890. The van der Waals surface area contributed by atoms with E-state index in [4.69, 9.17) is 36.2 Å². The zero-order valence-corrected chi connectivity index (χ0v) is 29.8. The monoisotopic (exact) mass is 745 g/mol. The second-order valence-corrected chi connectivity index (χ2v) is 13.2. The number of carbonyl (C=O) groups is 3. The molecule has 21 heteroatoms. The Morgan fingerprint density at radius 3 is 2.53 bits per heavy atom. The van der Waals surface area contributed by atoms with Crippen molar-refractivity contribution < 1.29 is 37.8 Å². The summed E-state index contributed by atoms with van der Waals surface area (Å²) >= 11 is 7.00. The van der Waals surface area contributed by atoms with Gasteiger partial charge in [0.05, 0.1) is 53.8 Å². The summed E-state index contributed by atoms with van der Waals surface area (Å²) in [6, 6.07) is 6.96. The van der Waals surface area contributed by atoms with Crippen LogP contribution in [0, 0.1) is 28.1 Å². The van der Waals surface area contributed by atoms with Crippen LogP contribution in [-0.2, 0) is 28.2 Å². The van der Waals surface area contributed by atoms with Crippen molar-refractivity contribution in [1.82, 2.24) is 24.5 Å². The molecule has 1 unspecified atom stereocenters. The predicted molar refractivity (Wildman–Crippen MR) is 183 cm³/mol. The summed E-state index contributed by atoms with van der Waals surface area (Å²) in [5.74, 6) is -1.33. The van der Waals surface area contributed by atoms with E-state index >= 15 is 0 Å². The quantitative estimate of drug-likeness (QED) is 0.115. The summed E-state index contributed by atoms with van der Waals surface area (Å²) < 4.78 is 27.3. The smallest absolute Gasteiger partial charge is 0.424 e. The average molecular weight is 746 g/mol. The van der Waals surface area contributed by atoms with Gasteiger partial charge in [-0.05, 0) is 30.9 Å². The number of piperazine rings is 1. The van der Waals surface area contributed by atoms with Gasteiger partial charge in [-0.3, -0.25) is 19.1 Å². The number of fused-ring (bicyclic) bond motifs is 1. The van der Waals surface area contributed by atoms with Crippen LogP contribution in [0.25, 0.3) is 5.65 Å². The minimum atomic E-state index is -3.11. The fourth-order valence-electron chi connectivity index (χ4n) is 5.19. The van der Waals surface area contributed by atoms with Crippen LogP contribution in [0.4, 0.5) is 27.9 Å². The molecule has 1 aliphatic rings. The van der Waals surface area contributed by atoms with Crippen LogP contribution in [0.5, 0.6) is 0 Å². The molecule has 0 aliphatic carbocycles. The molecule has 4 rings (SSSR count). The number of nitrogens with zero attached hydrogens (tertiary/aromatic N) is 9. The first-order valence-corrected chi connectivity index (χ1v) is 17.3. The normalized spacial score (nSPS) is 14.0. The molecule has 0 saturated carbocycles. The van der Waals surface area contributed by atoms with Crippen LogP contribution in [0.3, 0.4) is 0 Å². The lowest BCUT2D eigenvalue weighted by molar-refractivity contribution is -0.154. The second-order valence-electron chi connectivity index (χ2n) is 12.0. The third kappa shape index (κ3) is 10.0. The maximum absolute atomic E-state index is 13.9. The fourth-order valence-corrected chi connectivity index (χ4v) is 5.78. The van der Waals surface area contributed by atoms with E-state index in [0.29, 0.717) is 38.4 Å². The first kappa shape index (κ1) is 38.8. The molecule has 272 valence electrons. The number of imidazole rings is 1. The van der Waals surface area contributed by atoms with Gasteiger partial charge in [0, 0.05) is 32.7 Å². The molecule has 0 spiro atoms. The molecule has 2 amide bonds. The van der Waals surface area contributed by atoms with Crippen molar-refractivity contribution in [2.24, 2.45) is 11.1 Å². The van der Waals surface area contributed by atoms with Crippen molar-refractivity contribution in [3.63, 3.8) is 0 Å². The maximum atomic E-state index is 13.9. The largest absolute Gasteiger partial charge is 0.428 e. The van der Waals surface area contributed by atoms with Gasteiger partial charge < -0.3 is 34.8 Å². The van der Waals surface area contributed by atoms with Crippen molar-refractivity contribution >= 4 is 66.6 Å². The highest BCUT2D eigenvalue weighted by Crippen LogP contribution is 2.40. The van der Waals surface area contributed by atoms with Crippen LogP contribution in [-0.4, -0.2) is 100 Å². The highest BCUT2D eigenvalue weighted by molar-refractivity contribution is 7.32. The van der Waals surface area contributed by atoms with Gasteiger partial charge in [-0.25, -0.2) is 14.7 Å².